The predicted molar refractivity (Wildman–Crippen MR) is 69.2 cm³/mol. The van der Waals surface area contributed by atoms with Crippen LogP contribution in [0.4, 0.5) is 4.39 Å². The Bertz CT molecular complexity index is 440. The number of rotatable bonds is 4. The van der Waals surface area contributed by atoms with Crippen LogP contribution in [0.3, 0.4) is 0 Å². The summed E-state index contributed by atoms with van der Waals surface area (Å²) in [6, 6.07) is 6.39. The highest BCUT2D eigenvalue weighted by molar-refractivity contribution is 5.30. The molecule has 0 bridgehead atoms. The molecule has 3 N–H and O–H groups in total. The summed E-state index contributed by atoms with van der Waals surface area (Å²) in [6.45, 7) is 4.83. The van der Waals surface area contributed by atoms with Crippen molar-refractivity contribution < 1.29 is 9.13 Å². The molecule has 0 saturated heterocycles. The van der Waals surface area contributed by atoms with Crippen molar-refractivity contribution in [2.75, 3.05) is 6.61 Å². The van der Waals surface area contributed by atoms with Gasteiger partial charge in [0, 0.05) is 11.8 Å². The molecule has 0 amide bonds. The molecule has 1 heterocycles. The van der Waals surface area contributed by atoms with Gasteiger partial charge in [0.15, 0.2) is 0 Å². The van der Waals surface area contributed by atoms with Crippen molar-refractivity contribution in [1.29, 1.82) is 0 Å². The molecule has 0 saturated carbocycles. The summed E-state index contributed by atoms with van der Waals surface area (Å²) in [5, 5.41) is 0. The molecular formula is C14H19FN2O. The number of halogens is 1. The molecule has 0 spiro atoms. The molecule has 0 fully saturated rings. The van der Waals surface area contributed by atoms with Crippen LogP contribution >= 0.6 is 0 Å². The van der Waals surface area contributed by atoms with E-state index in [2.05, 4.69) is 25.3 Å². The Morgan fingerprint density at radius 1 is 1.33 bits per heavy atom. The number of nitrogens with two attached hydrogens (primary N) is 1. The summed E-state index contributed by atoms with van der Waals surface area (Å²) in [7, 11) is 0. The zero-order valence-corrected chi connectivity index (χ0v) is 10.7. The van der Waals surface area contributed by atoms with Crippen molar-refractivity contribution in [2.24, 2.45) is 5.84 Å². The lowest BCUT2D eigenvalue weighted by molar-refractivity contribution is 0.188. The molecule has 98 valence electrons. The fourth-order valence-corrected chi connectivity index (χ4v) is 2.33. The maximum atomic E-state index is 13.0. The van der Waals surface area contributed by atoms with E-state index in [0.717, 1.165) is 17.7 Å². The molecule has 1 aromatic carbocycles. The summed E-state index contributed by atoms with van der Waals surface area (Å²) in [5.41, 5.74) is 3.55. The van der Waals surface area contributed by atoms with Crippen molar-refractivity contribution in [3.05, 3.63) is 47.5 Å². The summed E-state index contributed by atoms with van der Waals surface area (Å²) in [6.07, 6.45) is 2.96. The topological polar surface area (TPSA) is 47.3 Å². The first-order chi connectivity index (χ1) is 8.55. The first-order valence-corrected chi connectivity index (χ1v) is 6.10. The minimum atomic E-state index is -0.279. The third kappa shape index (κ3) is 2.40. The normalized spacial score (nSPS) is 17.2. The number of hydrogen-bond donors (Lipinski definition) is 2. The smallest absolute Gasteiger partial charge is 0.123 e. The van der Waals surface area contributed by atoms with Crippen LogP contribution in [0, 0.1) is 5.82 Å². The van der Waals surface area contributed by atoms with Crippen LogP contribution in [0.1, 0.15) is 25.8 Å². The lowest BCUT2D eigenvalue weighted by Gasteiger charge is -2.34. The molecule has 0 aliphatic carbocycles. The van der Waals surface area contributed by atoms with E-state index in [1.165, 1.54) is 12.1 Å². The average Bonchev–Trinajstić information content (AvgIpc) is 2.84. The Kier molecular flexibility index (Phi) is 3.68. The van der Waals surface area contributed by atoms with Gasteiger partial charge in [-0.1, -0.05) is 26.0 Å². The second kappa shape index (κ2) is 5.08. The maximum absolute atomic E-state index is 13.0. The summed E-state index contributed by atoms with van der Waals surface area (Å²) < 4.78 is 18.6. The highest BCUT2D eigenvalue weighted by atomic mass is 19.1. The molecule has 0 radical (unpaired) electrons. The van der Waals surface area contributed by atoms with Crippen molar-refractivity contribution in [3.8, 4) is 0 Å². The minimum Gasteiger partial charge on any atom is -0.496 e. The van der Waals surface area contributed by atoms with E-state index < -0.39 is 0 Å². The Morgan fingerprint density at radius 3 is 2.50 bits per heavy atom. The number of hydrazine groups is 1. The maximum Gasteiger partial charge on any atom is 0.123 e. The Balaban J connectivity index is 2.30. The van der Waals surface area contributed by atoms with Gasteiger partial charge in [0.25, 0.3) is 0 Å². The Morgan fingerprint density at radius 2 is 2.00 bits per heavy atom. The van der Waals surface area contributed by atoms with E-state index in [0.29, 0.717) is 6.61 Å². The van der Waals surface area contributed by atoms with Gasteiger partial charge in [0.05, 0.1) is 12.6 Å². The molecule has 1 aliphatic rings. The predicted octanol–water partition coefficient (Wildman–Crippen LogP) is 2.24. The third-order valence-corrected chi connectivity index (χ3v) is 3.49. The van der Waals surface area contributed by atoms with Crippen molar-refractivity contribution in [2.45, 2.75) is 31.7 Å². The second-order valence-electron chi connectivity index (χ2n) is 5.07. The van der Waals surface area contributed by atoms with Crippen LogP contribution in [-0.2, 0) is 10.2 Å². The molecule has 3 nitrogen and oxygen atoms in total. The summed E-state index contributed by atoms with van der Waals surface area (Å²) in [5.74, 6) is 6.30. The lowest BCUT2D eigenvalue weighted by Crippen LogP contribution is -2.49. The fourth-order valence-electron chi connectivity index (χ4n) is 2.33. The van der Waals surface area contributed by atoms with Gasteiger partial charge in [-0.2, -0.15) is 0 Å². The van der Waals surface area contributed by atoms with E-state index in [-0.39, 0.29) is 17.3 Å². The first kappa shape index (κ1) is 13.1. The summed E-state index contributed by atoms with van der Waals surface area (Å²) in [4.78, 5) is 0. The van der Waals surface area contributed by atoms with E-state index in [1.807, 2.05) is 0 Å². The van der Waals surface area contributed by atoms with Gasteiger partial charge < -0.3 is 4.74 Å². The minimum absolute atomic E-state index is 0.120. The van der Waals surface area contributed by atoms with Crippen molar-refractivity contribution in [3.63, 3.8) is 0 Å². The fraction of sp³-hybridized carbons (Fsp3) is 0.429. The largest absolute Gasteiger partial charge is 0.496 e. The van der Waals surface area contributed by atoms with Crippen LogP contribution in [0.2, 0.25) is 0 Å². The van der Waals surface area contributed by atoms with Crippen LogP contribution in [0.25, 0.3) is 0 Å². The zero-order chi connectivity index (χ0) is 13.2. The van der Waals surface area contributed by atoms with Gasteiger partial charge >= 0.3 is 0 Å². The van der Waals surface area contributed by atoms with Gasteiger partial charge in [-0.05, 0) is 23.8 Å². The average molecular weight is 250 g/mol. The van der Waals surface area contributed by atoms with E-state index >= 15 is 0 Å². The quantitative estimate of drug-likeness (QED) is 0.636. The zero-order valence-electron chi connectivity index (χ0n) is 10.7. The molecule has 0 aromatic heterocycles. The van der Waals surface area contributed by atoms with E-state index in [4.69, 9.17) is 10.6 Å². The Hall–Kier alpha value is -1.39. The molecule has 4 heteroatoms. The van der Waals surface area contributed by atoms with Crippen LogP contribution in [0.5, 0.6) is 0 Å². The van der Waals surface area contributed by atoms with Gasteiger partial charge in [-0.15, -0.1) is 0 Å². The molecular weight excluding hydrogens is 231 g/mol. The molecule has 1 aliphatic heterocycles. The Labute approximate surface area is 107 Å². The van der Waals surface area contributed by atoms with Gasteiger partial charge in [-0.25, -0.2) is 9.82 Å². The number of ether oxygens (including phenoxy) is 1. The van der Waals surface area contributed by atoms with E-state index in [1.54, 1.807) is 12.1 Å². The third-order valence-electron chi connectivity index (χ3n) is 3.49. The number of nitrogens with one attached hydrogen (secondary N) is 1. The molecule has 1 aromatic rings. The number of benzene rings is 1. The summed E-state index contributed by atoms with van der Waals surface area (Å²) >= 11 is 0. The first-order valence-electron chi connectivity index (χ1n) is 6.10. The van der Waals surface area contributed by atoms with E-state index in [9.17, 15) is 4.39 Å². The second-order valence-corrected chi connectivity index (χ2v) is 5.07. The molecule has 1 unspecified atom stereocenters. The van der Waals surface area contributed by atoms with Gasteiger partial charge in [0.2, 0.25) is 0 Å². The van der Waals surface area contributed by atoms with Crippen molar-refractivity contribution >= 4 is 0 Å². The van der Waals surface area contributed by atoms with Crippen LogP contribution in [0.15, 0.2) is 36.1 Å². The van der Waals surface area contributed by atoms with Crippen molar-refractivity contribution in [1.82, 2.24) is 5.43 Å². The molecule has 2 rings (SSSR count). The highest BCUT2D eigenvalue weighted by Gasteiger charge is 2.35. The molecule has 1 atom stereocenters. The molecule has 18 heavy (non-hydrogen) atoms. The van der Waals surface area contributed by atoms with Gasteiger partial charge in [-0.3, -0.25) is 5.84 Å². The standard InChI is InChI=1S/C14H19FN2O/c1-14(2,10-5-7-11(15)8-6-10)13(17-16)12-4-3-9-18-12/h4-8,13,17H,3,9,16H2,1-2H3. The lowest BCUT2D eigenvalue weighted by atomic mass is 9.77. The SMILES string of the molecule is CC(C)(c1ccc(F)cc1)C(NN)C1=CCCO1. The van der Waals surface area contributed by atoms with Gasteiger partial charge in [0.1, 0.15) is 11.6 Å². The highest BCUT2D eigenvalue weighted by Crippen LogP contribution is 2.32. The van der Waals surface area contributed by atoms with Crippen LogP contribution < -0.4 is 11.3 Å². The van der Waals surface area contributed by atoms with Crippen LogP contribution in [-0.4, -0.2) is 12.6 Å². The number of hydrogen-bond acceptors (Lipinski definition) is 3. The monoisotopic (exact) mass is 250 g/mol.